The fourth-order valence-corrected chi connectivity index (χ4v) is 2.61. The van der Waals surface area contributed by atoms with Crippen molar-refractivity contribution in [3.05, 3.63) is 42.0 Å². The minimum Gasteiger partial charge on any atom is -0.497 e. The summed E-state index contributed by atoms with van der Waals surface area (Å²) in [4.78, 5) is 12.5. The zero-order chi connectivity index (χ0) is 14.5. The summed E-state index contributed by atoms with van der Waals surface area (Å²) in [6.07, 6.45) is 2.93. The average Bonchev–Trinajstić information content (AvgIpc) is 2.50. The Morgan fingerprint density at radius 2 is 1.80 bits per heavy atom. The van der Waals surface area contributed by atoms with E-state index < -0.39 is 0 Å². The number of hydrogen-bond donors (Lipinski definition) is 0. The van der Waals surface area contributed by atoms with E-state index in [9.17, 15) is 4.79 Å². The minimum absolute atomic E-state index is 0.149. The van der Waals surface area contributed by atoms with Gasteiger partial charge in [-0.2, -0.15) is 0 Å². The Labute approximate surface area is 120 Å². The molecule has 0 radical (unpaired) electrons. The highest BCUT2D eigenvalue weighted by Gasteiger charge is 2.17. The van der Waals surface area contributed by atoms with E-state index in [-0.39, 0.29) is 11.7 Å². The maximum atomic E-state index is 12.5. The van der Waals surface area contributed by atoms with Crippen molar-refractivity contribution >= 4 is 16.6 Å². The highest BCUT2D eigenvalue weighted by Crippen LogP contribution is 2.24. The predicted molar refractivity (Wildman–Crippen MR) is 83.5 cm³/mol. The molecule has 0 fully saturated rings. The summed E-state index contributed by atoms with van der Waals surface area (Å²) in [5.41, 5.74) is 0.822. The van der Waals surface area contributed by atoms with Gasteiger partial charge in [-0.15, -0.1) is 0 Å². The summed E-state index contributed by atoms with van der Waals surface area (Å²) in [6, 6.07) is 11.9. The Balaban J connectivity index is 2.33. The van der Waals surface area contributed by atoms with Crippen LogP contribution in [0.2, 0.25) is 0 Å². The number of rotatable bonds is 6. The van der Waals surface area contributed by atoms with E-state index in [0.29, 0.717) is 0 Å². The number of benzene rings is 2. The molecule has 2 aromatic rings. The Kier molecular flexibility index (Phi) is 4.78. The number of carbonyl (C=O) groups excluding carboxylic acids is 1. The van der Waals surface area contributed by atoms with Crippen LogP contribution in [0.15, 0.2) is 36.4 Å². The molecule has 2 heteroatoms. The number of methoxy groups -OCH3 is 1. The first kappa shape index (κ1) is 14.6. The van der Waals surface area contributed by atoms with E-state index in [1.54, 1.807) is 7.11 Å². The van der Waals surface area contributed by atoms with E-state index in [1.807, 2.05) is 36.4 Å². The van der Waals surface area contributed by atoms with Crippen LogP contribution >= 0.6 is 0 Å². The van der Waals surface area contributed by atoms with Crippen LogP contribution in [0.4, 0.5) is 0 Å². The van der Waals surface area contributed by atoms with Crippen molar-refractivity contribution in [2.75, 3.05) is 7.11 Å². The maximum Gasteiger partial charge on any atom is 0.165 e. The molecule has 0 heterocycles. The molecule has 0 aliphatic heterocycles. The fourth-order valence-electron chi connectivity index (χ4n) is 2.61. The van der Waals surface area contributed by atoms with Crippen LogP contribution in [-0.4, -0.2) is 12.9 Å². The lowest BCUT2D eigenvalue weighted by atomic mass is 9.90. The number of carbonyl (C=O) groups is 1. The molecule has 0 amide bonds. The van der Waals surface area contributed by atoms with Crippen LogP contribution in [0.25, 0.3) is 10.8 Å². The van der Waals surface area contributed by atoms with Crippen molar-refractivity contribution in [2.45, 2.75) is 33.1 Å². The SMILES string of the molecule is CCCC(CC)C(=O)c1ccc2cc(OC)ccc2c1. The number of ketones is 1. The van der Waals surface area contributed by atoms with Crippen LogP contribution in [-0.2, 0) is 0 Å². The predicted octanol–water partition coefficient (Wildman–Crippen LogP) is 4.86. The molecule has 0 spiro atoms. The van der Waals surface area contributed by atoms with Gasteiger partial charge in [-0.1, -0.05) is 38.5 Å². The monoisotopic (exact) mass is 270 g/mol. The lowest BCUT2D eigenvalue weighted by Gasteiger charge is -2.13. The molecule has 2 rings (SSSR count). The summed E-state index contributed by atoms with van der Waals surface area (Å²) in [5.74, 6) is 1.26. The van der Waals surface area contributed by atoms with E-state index in [4.69, 9.17) is 4.74 Å². The van der Waals surface area contributed by atoms with Gasteiger partial charge in [-0.05, 0) is 41.8 Å². The lowest BCUT2D eigenvalue weighted by Crippen LogP contribution is -2.13. The maximum absolute atomic E-state index is 12.5. The third kappa shape index (κ3) is 3.01. The average molecular weight is 270 g/mol. The summed E-state index contributed by atoms with van der Waals surface area (Å²) in [6.45, 7) is 4.22. The zero-order valence-electron chi connectivity index (χ0n) is 12.5. The molecule has 0 aliphatic rings. The third-order valence-electron chi connectivity index (χ3n) is 3.83. The molecule has 0 saturated carbocycles. The second kappa shape index (κ2) is 6.56. The van der Waals surface area contributed by atoms with Gasteiger partial charge >= 0.3 is 0 Å². The second-order valence-corrected chi connectivity index (χ2v) is 5.19. The molecule has 106 valence electrons. The Hall–Kier alpha value is -1.83. The Morgan fingerprint density at radius 1 is 1.10 bits per heavy atom. The van der Waals surface area contributed by atoms with Crippen LogP contribution in [0.5, 0.6) is 5.75 Å². The van der Waals surface area contributed by atoms with E-state index >= 15 is 0 Å². The number of fused-ring (bicyclic) bond motifs is 1. The van der Waals surface area contributed by atoms with Gasteiger partial charge < -0.3 is 4.74 Å². The van der Waals surface area contributed by atoms with Crippen LogP contribution in [0.3, 0.4) is 0 Å². The number of ether oxygens (including phenoxy) is 1. The lowest BCUT2D eigenvalue weighted by molar-refractivity contribution is 0.0909. The zero-order valence-corrected chi connectivity index (χ0v) is 12.5. The highest BCUT2D eigenvalue weighted by molar-refractivity contribution is 6.01. The molecule has 20 heavy (non-hydrogen) atoms. The first-order valence-electron chi connectivity index (χ1n) is 7.31. The molecule has 0 N–H and O–H groups in total. The van der Waals surface area contributed by atoms with Crippen LogP contribution in [0.1, 0.15) is 43.5 Å². The number of Topliss-reactive ketones (excluding diaryl/α,β-unsaturated/α-hetero) is 1. The van der Waals surface area contributed by atoms with Crippen molar-refractivity contribution in [3.63, 3.8) is 0 Å². The summed E-state index contributed by atoms with van der Waals surface area (Å²) < 4.78 is 5.22. The van der Waals surface area contributed by atoms with Crippen molar-refractivity contribution in [3.8, 4) is 5.75 Å². The van der Waals surface area contributed by atoms with Crippen molar-refractivity contribution in [1.29, 1.82) is 0 Å². The first-order valence-corrected chi connectivity index (χ1v) is 7.31. The largest absolute Gasteiger partial charge is 0.497 e. The summed E-state index contributed by atoms with van der Waals surface area (Å²) in [7, 11) is 1.66. The molecule has 0 saturated heterocycles. The van der Waals surface area contributed by atoms with Gasteiger partial charge in [-0.25, -0.2) is 0 Å². The molecule has 1 unspecified atom stereocenters. The van der Waals surface area contributed by atoms with Crippen LogP contribution < -0.4 is 4.74 Å². The Bertz CT molecular complexity index is 601. The smallest absolute Gasteiger partial charge is 0.165 e. The Morgan fingerprint density at radius 3 is 2.45 bits per heavy atom. The van der Waals surface area contributed by atoms with E-state index in [1.165, 1.54) is 0 Å². The topological polar surface area (TPSA) is 26.3 Å². The van der Waals surface area contributed by atoms with Gasteiger partial charge in [0.05, 0.1) is 7.11 Å². The van der Waals surface area contributed by atoms with Gasteiger partial charge in [0.1, 0.15) is 5.75 Å². The quantitative estimate of drug-likeness (QED) is 0.701. The fraction of sp³-hybridized carbons (Fsp3) is 0.389. The minimum atomic E-state index is 0.149. The first-order chi connectivity index (χ1) is 9.69. The standard InChI is InChI=1S/C18H22O2/c1-4-6-13(5-2)18(19)16-8-7-15-12-17(20-3)10-9-14(15)11-16/h7-13H,4-6H2,1-3H3. The van der Waals surface area contributed by atoms with Gasteiger partial charge in [0, 0.05) is 11.5 Å². The summed E-state index contributed by atoms with van der Waals surface area (Å²) >= 11 is 0. The molecule has 0 aromatic heterocycles. The third-order valence-corrected chi connectivity index (χ3v) is 3.83. The second-order valence-electron chi connectivity index (χ2n) is 5.19. The molecule has 0 aliphatic carbocycles. The van der Waals surface area contributed by atoms with E-state index in [0.717, 1.165) is 41.3 Å². The van der Waals surface area contributed by atoms with Crippen LogP contribution in [0, 0.1) is 5.92 Å². The van der Waals surface area contributed by atoms with Crippen molar-refractivity contribution < 1.29 is 9.53 Å². The van der Waals surface area contributed by atoms with Gasteiger partial charge in [-0.3, -0.25) is 4.79 Å². The van der Waals surface area contributed by atoms with Gasteiger partial charge in [0.2, 0.25) is 0 Å². The molecule has 2 nitrogen and oxygen atoms in total. The van der Waals surface area contributed by atoms with Crippen molar-refractivity contribution in [2.24, 2.45) is 5.92 Å². The molecular weight excluding hydrogens is 248 g/mol. The normalized spacial score (nSPS) is 12.3. The molecule has 1 atom stereocenters. The molecule has 2 aromatic carbocycles. The van der Waals surface area contributed by atoms with E-state index in [2.05, 4.69) is 13.8 Å². The highest BCUT2D eigenvalue weighted by atomic mass is 16.5. The number of hydrogen-bond acceptors (Lipinski definition) is 2. The van der Waals surface area contributed by atoms with Crippen molar-refractivity contribution in [1.82, 2.24) is 0 Å². The molecular formula is C18H22O2. The van der Waals surface area contributed by atoms with Gasteiger partial charge in [0.15, 0.2) is 5.78 Å². The van der Waals surface area contributed by atoms with Gasteiger partial charge in [0.25, 0.3) is 0 Å². The molecule has 0 bridgehead atoms. The summed E-state index contributed by atoms with van der Waals surface area (Å²) in [5, 5.41) is 2.19.